The van der Waals surface area contributed by atoms with Gasteiger partial charge in [0.15, 0.2) is 0 Å². The van der Waals surface area contributed by atoms with Crippen molar-refractivity contribution in [1.82, 2.24) is 4.90 Å². The van der Waals surface area contributed by atoms with Crippen molar-refractivity contribution in [3.05, 3.63) is 47.5 Å². The zero-order valence-electron chi connectivity index (χ0n) is 15.1. The first kappa shape index (κ1) is 19.0. The van der Waals surface area contributed by atoms with Gasteiger partial charge in [-0.2, -0.15) is 0 Å². The number of carbonyl (C=O) groups excluding carboxylic acids is 2. The zero-order chi connectivity index (χ0) is 19.7. The highest BCUT2D eigenvalue weighted by atomic mass is 35.5. The van der Waals surface area contributed by atoms with E-state index >= 15 is 0 Å². The lowest BCUT2D eigenvalue weighted by Crippen LogP contribution is -2.49. The van der Waals surface area contributed by atoms with Gasteiger partial charge in [-0.1, -0.05) is 23.7 Å². The van der Waals surface area contributed by atoms with Crippen molar-refractivity contribution in [1.29, 1.82) is 0 Å². The SMILES string of the molecule is O=C1Nc2cc(Cl)ccc2S[C@@H]1CC(=O)N1CCN(c2ccccc2O)CC1. The van der Waals surface area contributed by atoms with Gasteiger partial charge in [-0.3, -0.25) is 9.59 Å². The minimum absolute atomic E-state index is 0.0259. The van der Waals surface area contributed by atoms with Crippen molar-refractivity contribution < 1.29 is 14.7 Å². The Kier molecular flexibility index (Phi) is 5.37. The number of anilines is 2. The summed E-state index contributed by atoms with van der Waals surface area (Å²) in [5, 5.41) is 13.0. The number of nitrogens with one attached hydrogen (secondary N) is 1. The highest BCUT2D eigenvalue weighted by Gasteiger charge is 2.31. The molecule has 146 valence electrons. The molecule has 2 aliphatic rings. The maximum atomic E-state index is 12.7. The second kappa shape index (κ2) is 7.93. The van der Waals surface area contributed by atoms with E-state index in [1.165, 1.54) is 11.8 Å². The molecule has 4 rings (SSSR count). The third-order valence-corrected chi connectivity index (χ3v) is 6.49. The topological polar surface area (TPSA) is 72.9 Å². The van der Waals surface area contributed by atoms with Gasteiger partial charge in [0.2, 0.25) is 11.8 Å². The number of halogens is 1. The summed E-state index contributed by atoms with van der Waals surface area (Å²) in [7, 11) is 0. The molecule has 1 fully saturated rings. The van der Waals surface area contributed by atoms with Gasteiger partial charge >= 0.3 is 0 Å². The van der Waals surface area contributed by atoms with Crippen LogP contribution in [0.25, 0.3) is 0 Å². The van der Waals surface area contributed by atoms with Crippen molar-refractivity contribution >= 4 is 46.6 Å². The number of hydrogen-bond donors (Lipinski definition) is 2. The van der Waals surface area contributed by atoms with Gasteiger partial charge in [-0.05, 0) is 30.3 Å². The highest BCUT2D eigenvalue weighted by Crippen LogP contribution is 2.38. The van der Waals surface area contributed by atoms with E-state index in [9.17, 15) is 14.7 Å². The number of benzene rings is 2. The molecular formula is C20H20ClN3O3S. The number of carbonyl (C=O) groups is 2. The standard InChI is InChI=1S/C20H20ClN3O3S/c21-13-5-6-17-14(11-13)22-20(27)18(28-17)12-19(26)24-9-7-23(8-10-24)15-3-1-2-4-16(15)25/h1-6,11,18,25H,7-10,12H2,(H,22,27)/t18-/m1/s1. The normalized spacial score (nSPS) is 19.2. The zero-order valence-corrected chi connectivity index (χ0v) is 16.7. The van der Waals surface area contributed by atoms with E-state index < -0.39 is 5.25 Å². The van der Waals surface area contributed by atoms with Crippen LogP contribution in [0, 0.1) is 0 Å². The Hall–Kier alpha value is -2.38. The van der Waals surface area contributed by atoms with Gasteiger partial charge in [0.05, 0.1) is 16.6 Å². The number of thioether (sulfide) groups is 1. The van der Waals surface area contributed by atoms with Gasteiger partial charge in [-0.25, -0.2) is 0 Å². The van der Waals surface area contributed by atoms with Crippen LogP contribution in [0.2, 0.25) is 5.02 Å². The smallest absolute Gasteiger partial charge is 0.238 e. The predicted molar refractivity (Wildman–Crippen MR) is 111 cm³/mol. The molecule has 2 aliphatic heterocycles. The lowest BCUT2D eigenvalue weighted by molar-refractivity contribution is -0.132. The fraction of sp³-hybridized carbons (Fsp3) is 0.300. The number of para-hydroxylation sites is 2. The number of phenolic OH excluding ortho intramolecular Hbond substituents is 1. The van der Waals surface area contributed by atoms with E-state index in [4.69, 9.17) is 11.6 Å². The van der Waals surface area contributed by atoms with Gasteiger partial charge < -0.3 is 20.2 Å². The number of nitrogens with zero attached hydrogens (tertiary/aromatic N) is 2. The molecule has 28 heavy (non-hydrogen) atoms. The van der Waals surface area contributed by atoms with E-state index in [0.717, 1.165) is 10.6 Å². The van der Waals surface area contributed by atoms with Crippen LogP contribution in [0.15, 0.2) is 47.4 Å². The molecular weight excluding hydrogens is 398 g/mol. The summed E-state index contributed by atoms with van der Waals surface area (Å²) in [6.45, 7) is 2.43. The number of rotatable bonds is 3. The number of phenols is 1. The molecule has 1 saturated heterocycles. The molecule has 8 heteroatoms. The number of aromatic hydroxyl groups is 1. The second-order valence-electron chi connectivity index (χ2n) is 6.80. The van der Waals surface area contributed by atoms with Crippen molar-refractivity contribution in [2.24, 2.45) is 0 Å². The summed E-state index contributed by atoms with van der Waals surface area (Å²) in [6.07, 6.45) is 0.162. The van der Waals surface area contributed by atoms with Gasteiger partial charge in [0.1, 0.15) is 5.75 Å². The third-order valence-electron chi connectivity index (χ3n) is 4.98. The van der Waals surface area contributed by atoms with Gasteiger partial charge in [0, 0.05) is 42.5 Å². The van der Waals surface area contributed by atoms with Crippen LogP contribution in [0.4, 0.5) is 11.4 Å². The number of hydrogen-bond acceptors (Lipinski definition) is 5. The van der Waals surface area contributed by atoms with Gasteiger partial charge in [-0.15, -0.1) is 11.8 Å². The maximum absolute atomic E-state index is 12.7. The molecule has 2 aromatic carbocycles. The summed E-state index contributed by atoms with van der Waals surface area (Å²) >= 11 is 7.38. The van der Waals surface area contributed by atoms with Crippen LogP contribution >= 0.6 is 23.4 Å². The molecule has 2 N–H and O–H groups in total. The molecule has 0 aliphatic carbocycles. The summed E-state index contributed by atoms with van der Waals surface area (Å²) in [5.74, 6) is 0.0549. The summed E-state index contributed by atoms with van der Waals surface area (Å²) in [4.78, 5) is 29.9. The Morgan fingerprint density at radius 2 is 1.93 bits per heavy atom. The summed E-state index contributed by atoms with van der Waals surface area (Å²) in [6, 6.07) is 12.6. The van der Waals surface area contributed by atoms with Crippen LogP contribution in [-0.4, -0.2) is 53.2 Å². The Balaban J connectivity index is 1.35. The molecule has 6 nitrogen and oxygen atoms in total. The first-order valence-corrected chi connectivity index (χ1v) is 10.3. The quantitative estimate of drug-likeness (QED) is 0.802. The fourth-order valence-electron chi connectivity index (χ4n) is 3.47. The average Bonchev–Trinajstić information content (AvgIpc) is 2.69. The summed E-state index contributed by atoms with van der Waals surface area (Å²) in [5.41, 5.74) is 1.48. The maximum Gasteiger partial charge on any atom is 0.238 e. The number of fused-ring (bicyclic) bond motifs is 1. The Morgan fingerprint density at radius 3 is 2.68 bits per heavy atom. The minimum atomic E-state index is -0.447. The lowest BCUT2D eigenvalue weighted by Gasteiger charge is -2.37. The second-order valence-corrected chi connectivity index (χ2v) is 8.48. The monoisotopic (exact) mass is 417 g/mol. The first-order valence-electron chi connectivity index (χ1n) is 9.09. The van der Waals surface area contributed by atoms with E-state index in [0.29, 0.717) is 36.9 Å². The third kappa shape index (κ3) is 3.91. The molecule has 1 atom stereocenters. The molecule has 0 radical (unpaired) electrons. The summed E-state index contributed by atoms with van der Waals surface area (Å²) < 4.78 is 0. The van der Waals surface area contributed by atoms with Crippen LogP contribution in [0.3, 0.4) is 0 Å². The number of piperazine rings is 1. The van der Waals surface area contributed by atoms with Crippen LogP contribution in [0.1, 0.15) is 6.42 Å². The van der Waals surface area contributed by atoms with Crippen molar-refractivity contribution in [2.45, 2.75) is 16.6 Å². The Bertz CT molecular complexity index is 915. The minimum Gasteiger partial charge on any atom is -0.506 e. The van der Waals surface area contributed by atoms with Gasteiger partial charge in [0.25, 0.3) is 0 Å². The molecule has 0 aromatic heterocycles. The van der Waals surface area contributed by atoms with Crippen molar-refractivity contribution in [3.63, 3.8) is 0 Å². The molecule has 0 spiro atoms. The van der Waals surface area contributed by atoms with Crippen molar-refractivity contribution in [3.8, 4) is 5.75 Å². The van der Waals surface area contributed by atoms with Crippen LogP contribution in [0.5, 0.6) is 5.75 Å². The molecule has 0 saturated carbocycles. The van der Waals surface area contributed by atoms with E-state index in [2.05, 4.69) is 10.2 Å². The Morgan fingerprint density at radius 1 is 1.18 bits per heavy atom. The van der Waals surface area contributed by atoms with E-state index in [1.54, 1.807) is 29.2 Å². The first-order chi connectivity index (χ1) is 13.5. The van der Waals surface area contributed by atoms with E-state index in [-0.39, 0.29) is 24.0 Å². The largest absolute Gasteiger partial charge is 0.506 e. The lowest BCUT2D eigenvalue weighted by atomic mass is 10.2. The fourth-order valence-corrected chi connectivity index (χ4v) is 4.73. The van der Waals surface area contributed by atoms with Crippen LogP contribution < -0.4 is 10.2 Å². The average molecular weight is 418 g/mol. The molecule has 2 amide bonds. The highest BCUT2D eigenvalue weighted by molar-refractivity contribution is 8.01. The molecule has 2 aromatic rings. The molecule has 0 unspecified atom stereocenters. The van der Waals surface area contributed by atoms with E-state index in [1.807, 2.05) is 18.2 Å². The van der Waals surface area contributed by atoms with Crippen molar-refractivity contribution in [2.75, 3.05) is 36.4 Å². The van der Waals surface area contributed by atoms with Crippen LogP contribution in [-0.2, 0) is 9.59 Å². The predicted octanol–water partition coefficient (Wildman–Crippen LogP) is 3.20. The molecule has 0 bridgehead atoms. The number of amides is 2. The Labute approximate surface area is 172 Å². The molecule has 2 heterocycles.